The van der Waals surface area contributed by atoms with Gasteiger partial charge in [0.2, 0.25) is 5.91 Å². The predicted molar refractivity (Wildman–Crippen MR) is 66.5 cm³/mol. The lowest BCUT2D eigenvalue weighted by atomic mass is 9.94. The van der Waals surface area contributed by atoms with Crippen LogP contribution in [0.2, 0.25) is 0 Å². The van der Waals surface area contributed by atoms with Gasteiger partial charge in [-0.05, 0) is 39.2 Å². The molecule has 4 nitrogen and oxygen atoms in total. The van der Waals surface area contributed by atoms with Gasteiger partial charge in [-0.1, -0.05) is 6.42 Å². The molecule has 4 heteroatoms. The topological polar surface area (TPSA) is 55.6 Å². The molecule has 2 atom stereocenters. The Morgan fingerprint density at radius 1 is 1.47 bits per heavy atom. The van der Waals surface area contributed by atoms with Crippen LogP contribution in [0.25, 0.3) is 0 Å². The lowest BCUT2D eigenvalue weighted by molar-refractivity contribution is -0.151. The summed E-state index contributed by atoms with van der Waals surface area (Å²) in [7, 11) is 0. The maximum Gasteiger partial charge on any atom is 0.226 e. The van der Waals surface area contributed by atoms with Crippen LogP contribution in [-0.2, 0) is 9.53 Å². The zero-order valence-electron chi connectivity index (χ0n) is 10.9. The van der Waals surface area contributed by atoms with Crippen molar-refractivity contribution in [1.29, 1.82) is 0 Å². The van der Waals surface area contributed by atoms with Gasteiger partial charge in [0.15, 0.2) is 0 Å². The average Bonchev–Trinajstić information content (AvgIpc) is 2.74. The Hall–Kier alpha value is -0.610. The highest BCUT2D eigenvalue weighted by Crippen LogP contribution is 2.33. The van der Waals surface area contributed by atoms with Crippen molar-refractivity contribution >= 4 is 5.91 Å². The fraction of sp³-hybridized carbons (Fsp3) is 0.923. The van der Waals surface area contributed by atoms with Crippen LogP contribution in [-0.4, -0.2) is 42.6 Å². The van der Waals surface area contributed by atoms with E-state index < -0.39 is 0 Å². The highest BCUT2D eigenvalue weighted by molar-refractivity contribution is 5.79. The van der Waals surface area contributed by atoms with Crippen LogP contribution in [0.3, 0.4) is 0 Å². The Labute approximate surface area is 103 Å². The molecule has 98 valence electrons. The number of nitrogens with zero attached hydrogens (tertiary/aromatic N) is 1. The third-order valence-corrected chi connectivity index (χ3v) is 4.02. The van der Waals surface area contributed by atoms with Gasteiger partial charge in [-0.15, -0.1) is 0 Å². The molecule has 1 aliphatic heterocycles. The number of morpholine rings is 1. The Morgan fingerprint density at radius 2 is 2.24 bits per heavy atom. The predicted octanol–water partition coefficient (Wildman–Crippen LogP) is 0.999. The van der Waals surface area contributed by atoms with E-state index in [4.69, 9.17) is 10.5 Å². The quantitative estimate of drug-likeness (QED) is 0.783. The van der Waals surface area contributed by atoms with E-state index in [0.717, 1.165) is 25.8 Å². The van der Waals surface area contributed by atoms with Crippen molar-refractivity contribution in [3.8, 4) is 0 Å². The molecular weight excluding hydrogens is 216 g/mol. The molecule has 1 amide bonds. The van der Waals surface area contributed by atoms with Crippen molar-refractivity contribution in [1.82, 2.24) is 4.90 Å². The molecular formula is C13H24N2O2. The summed E-state index contributed by atoms with van der Waals surface area (Å²) in [6.45, 7) is 6.82. The lowest BCUT2D eigenvalue weighted by Crippen LogP contribution is -2.52. The minimum atomic E-state index is -0.204. The van der Waals surface area contributed by atoms with Gasteiger partial charge < -0.3 is 15.4 Å². The Kier molecular flexibility index (Phi) is 3.73. The number of rotatable bonds is 2. The monoisotopic (exact) mass is 240 g/mol. The molecule has 1 saturated carbocycles. The summed E-state index contributed by atoms with van der Waals surface area (Å²) in [6.07, 6.45) is 3.27. The van der Waals surface area contributed by atoms with Crippen molar-refractivity contribution < 1.29 is 9.53 Å². The molecule has 1 heterocycles. The minimum absolute atomic E-state index is 0.161. The van der Waals surface area contributed by atoms with E-state index >= 15 is 0 Å². The van der Waals surface area contributed by atoms with Crippen LogP contribution in [0.4, 0.5) is 0 Å². The summed E-state index contributed by atoms with van der Waals surface area (Å²) >= 11 is 0. The van der Waals surface area contributed by atoms with Crippen molar-refractivity contribution in [3.05, 3.63) is 0 Å². The molecule has 0 aromatic carbocycles. The lowest BCUT2D eigenvalue weighted by Gasteiger charge is -2.39. The normalized spacial score (nSPS) is 32.8. The van der Waals surface area contributed by atoms with Crippen LogP contribution in [0.5, 0.6) is 0 Å². The van der Waals surface area contributed by atoms with Gasteiger partial charge >= 0.3 is 0 Å². The van der Waals surface area contributed by atoms with Crippen LogP contribution in [0.1, 0.15) is 33.1 Å². The zero-order valence-corrected chi connectivity index (χ0v) is 10.9. The third-order valence-electron chi connectivity index (χ3n) is 4.02. The first-order valence-corrected chi connectivity index (χ1v) is 6.66. The highest BCUT2D eigenvalue weighted by Gasteiger charge is 2.38. The van der Waals surface area contributed by atoms with E-state index in [1.165, 1.54) is 0 Å². The Morgan fingerprint density at radius 3 is 2.88 bits per heavy atom. The van der Waals surface area contributed by atoms with Gasteiger partial charge in [-0.2, -0.15) is 0 Å². The number of nitrogens with two attached hydrogens (primary N) is 1. The standard InChI is InChI=1S/C13H24N2O2/c1-13(2)9-15(6-7-17-13)12(16)11-5-3-4-10(11)8-14/h10-11H,3-9,14H2,1-2H3. The van der Waals surface area contributed by atoms with Crippen molar-refractivity contribution in [2.75, 3.05) is 26.2 Å². The number of amides is 1. The largest absolute Gasteiger partial charge is 0.372 e. The van der Waals surface area contributed by atoms with Gasteiger partial charge in [0, 0.05) is 19.0 Å². The van der Waals surface area contributed by atoms with Crippen molar-refractivity contribution in [2.45, 2.75) is 38.7 Å². The van der Waals surface area contributed by atoms with Gasteiger partial charge in [0.25, 0.3) is 0 Å². The molecule has 0 aromatic heterocycles. The van der Waals surface area contributed by atoms with Crippen molar-refractivity contribution in [2.24, 2.45) is 17.6 Å². The van der Waals surface area contributed by atoms with E-state index in [1.54, 1.807) is 0 Å². The summed E-state index contributed by atoms with van der Waals surface area (Å²) < 4.78 is 5.64. The van der Waals surface area contributed by atoms with Gasteiger partial charge in [-0.3, -0.25) is 4.79 Å². The number of hydrogen-bond acceptors (Lipinski definition) is 3. The maximum absolute atomic E-state index is 12.5. The smallest absolute Gasteiger partial charge is 0.226 e. The molecule has 0 aromatic rings. The summed E-state index contributed by atoms with van der Waals surface area (Å²) in [6, 6.07) is 0. The molecule has 17 heavy (non-hydrogen) atoms. The fourth-order valence-electron chi connectivity index (χ4n) is 3.08. The Balaban J connectivity index is 1.99. The number of carbonyl (C=O) groups excluding carboxylic acids is 1. The maximum atomic E-state index is 12.5. The summed E-state index contributed by atoms with van der Waals surface area (Å²) in [5, 5.41) is 0. The van der Waals surface area contributed by atoms with Gasteiger partial charge in [0.1, 0.15) is 0 Å². The molecule has 2 unspecified atom stereocenters. The second-order valence-electron chi connectivity index (χ2n) is 5.90. The molecule has 1 saturated heterocycles. The zero-order chi connectivity index (χ0) is 12.5. The average molecular weight is 240 g/mol. The highest BCUT2D eigenvalue weighted by atomic mass is 16.5. The molecule has 2 aliphatic rings. The Bertz CT molecular complexity index is 291. The summed E-state index contributed by atoms with van der Waals surface area (Å²) in [5.41, 5.74) is 5.55. The molecule has 0 spiro atoms. The first kappa shape index (κ1) is 12.8. The van der Waals surface area contributed by atoms with Crippen LogP contribution in [0.15, 0.2) is 0 Å². The molecule has 2 rings (SSSR count). The van der Waals surface area contributed by atoms with E-state index in [1.807, 2.05) is 18.7 Å². The van der Waals surface area contributed by atoms with Gasteiger partial charge in [-0.25, -0.2) is 0 Å². The SMILES string of the molecule is CC1(C)CN(C(=O)C2CCCC2CN)CCO1. The second kappa shape index (κ2) is 4.94. The van der Waals surface area contributed by atoms with Gasteiger partial charge in [0.05, 0.1) is 12.2 Å². The molecule has 1 aliphatic carbocycles. The molecule has 2 fully saturated rings. The molecule has 2 N–H and O–H groups in total. The van der Waals surface area contributed by atoms with Crippen molar-refractivity contribution in [3.63, 3.8) is 0 Å². The van der Waals surface area contributed by atoms with E-state index in [9.17, 15) is 4.79 Å². The van der Waals surface area contributed by atoms with Crippen LogP contribution >= 0.6 is 0 Å². The summed E-state index contributed by atoms with van der Waals surface area (Å²) in [4.78, 5) is 14.4. The third kappa shape index (κ3) is 2.80. The number of carbonyl (C=O) groups is 1. The number of hydrogen-bond donors (Lipinski definition) is 1. The molecule has 0 bridgehead atoms. The first-order valence-electron chi connectivity index (χ1n) is 6.66. The van der Waals surface area contributed by atoms with Crippen LogP contribution < -0.4 is 5.73 Å². The molecule has 0 radical (unpaired) electrons. The number of ether oxygens (including phenoxy) is 1. The van der Waals surface area contributed by atoms with E-state index in [-0.39, 0.29) is 11.5 Å². The van der Waals surface area contributed by atoms with E-state index in [2.05, 4.69) is 0 Å². The first-order chi connectivity index (χ1) is 8.03. The summed E-state index contributed by atoms with van der Waals surface area (Å²) in [5.74, 6) is 0.858. The van der Waals surface area contributed by atoms with E-state index in [0.29, 0.717) is 31.5 Å². The fourth-order valence-corrected chi connectivity index (χ4v) is 3.08. The minimum Gasteiger partial charge on any atom is -0.372 e. The van der Waals surface area contributed by atoms with Crippen LogP contribution in [0, 0.1) is 11.8 Å². The second-order valence-corrected chi connectivity index (χ2v) is 5.90.